The lowest BCUT2D eigenvalue weighted by Crippen LogP contribution is -2.59. The van der Waals surface area contributed by atoms with Gasteiger partial charge >= 0.3 is 0 Å². The number of nitrogens with one attached hydrogen (secondary N) is 1. The van der Waals surface area contributed by atoms with Crippen LogP contribution in [0.5, 0.6) is 0 Å². The second-order valence-electron chi connectivity index (χ2n) is 4.91. The van der Waals surface area contributed by atoms with Crippen molar-refractivity contribution in [3.63, 3.8) is 0 Å². The molecule has 1 heterocycles. The van der Waals surface area contributed by atoms with Gasteiger partial charge in [0.2, 0.25) is 0 Å². The van der Waals surface area contributed by atoms with Gasteiger partial charge in [0.25, 0.3) is 0 Å². The van der Waals surface area contributed by atoms with E-state index in [2.05, 4.69) is 18.8 Å². The number of hydrogen-bond acceptors (Lipinski definition) is 4. The standard InChI is InChI=1S/C13H26N2OS/c1-11(2)9-16-7-6-15-13(10-14)5-4-8-17-12(13)3/h12,15H,1,4-10,14H2,2-3H3. The summed E-state index contributed by atoms with van der Waals surface area (Å²) in [5.74, 6) is 1.26. The van der Waals surface area contributed by atoms with Gasteiger partial charge in [-0.1, -0.05) is 19.1 Å². The van der Waals surface area contributed by atoms with Gasteiger partial charge in [-0.2, -0.15) is 11.8 Å². The predicted octanol–water partition coefficient (Wildman–Crippen LogP) is 1.78. The van der Waals surface area contributed by atoms with E-state index in [1.165, 1.54) is 18.6 Å². The van der Waals surface area contributed by atoms with Crippen LogP contribution in [0.4, 0.5) is 0 Å². The van der Waals surface area contributed by atoms with Crippen molar-refractivity contribution < 1.29 is 4.74 Å². The minimum atomic E-state index is 0.107. The van der Waals surface area contributed by atoms with Crippen molar-refractivity contribution in [2.24, 2.45) is 5.73 Å². The first kappa shape index (κ1) is 15.0. The highest BCUT2D eigenvalue weighted by Crippen LogP contribution is 2.33. The summed E-state index contributed by atoms with van der Waals surface area (Å²) in [6, 6.07) is 0. The third kappa shape index (κ3) is 4.62. The van der Waals surface area contributed by atoms with Crippen molar-refractivity contribution in [2.45, 2.75) is 37.5 Å². The van der Waals surface area contributed by atoms with E-state index in [1.807, 2.05) is 18.7 Å². The highest BCUT2D eigenvalue weighted by molar-refractivity contribution is 8.00. The normalized spacial score (nSPS) is 29.2. The Hall–Kier alpha value is -0.0300. The predicted molar refractivity (Wildman–Crippen MR) is 76.6 cm³/mol. The van der Waals surface area contributed by atoms with Gasteiger partial charge in [-0.05, 0) is 25.5 Å². The van der Waals surface area contributed by atoms with Crippen LogP contribution in [-0.4, -0.2) is 42.8 Å². The molecule has 3 nitrogen and oxygen atoms in total. The first-order valence-electron chi connectivity index (χ1n) is 6.39. The molecule has 3 N–H and O–H groups in total. The summed E-state index contributed by atoms with van der Waals surface area (Å²) in [6.07, 6.45) is 2.43. The zero-order chi connectivity index (χ0) is 12.7. The summed E-state index contributed by atoms with van der Waals surface area (Å²) in [5.41, 5.74) is 7.14. The Morgan fingerprint density at radius 1 is 1.65 bits per heavy atom. The molecule has 0 aliphatic carbocycles. The smallest absolute Gasteiger partial charge is 0.0672 e. The van der Waals surface area contributed by atoms with Crippen LogP contribution in [0.3, 0.4) is 0 Å². The molecule has 1 aliphatic heterocycles. The fourth-order valence-corrected chi connectivity index (χ4v) is 3.48. The Morgan fingerprint density at radius 2 is 2.41 bits per heavy atom. The molecular weight excluding hydrogens is 232 g/mol. The van der Waals surface area contributed by atoms with Gasteiger partial charge in [-0.15, -0.1) is 0 Å². The van der Waals surface area contributed by atoms with Crippen LogP contribution in [0.2, 0.25) is 0 Å². The van der Waals surface area contributed by atoms with Crippen molar-refractivity contribution in [3.8, 4) is 0 Å². The molecule has 17 heavy (non-hydrogen) atoms. The second-order valence-corrected chi connectivity index (χ2v) is 6.36. The van der Waals surface area contributed by atoms with E-state index in [1.54, 1.807) is 0 Å². The molecule has 0 amide bonds. The second kappa shape index (κ2) is 7.41. The van der Waals surface area contributed by atoms with Crippen molar-refractivity contribution >= 4 is 11.8 Å². The van der Waals surface area contributed by atoms with Crippen LogP contribution in [0, 0.1) is 0 Å². The molecule has 1 rings (SSSR count). The topological polar surface area (TPSA) is 47.3 Å². The van der Waals surface area contributed by atoms with Gasteiger partial charge in [0, 0.05) is 23.9 Å². The summed E-state index contributed by atoms with van der Waals surface area (Å²) >= 11 is 2.02. The third-order valence-electron chi connectivity index (χ3n) is 3.35. The summed E-state index contributed by atoms with van der Waals surface area (Å²) in [5, 5.41) is 4.19. The molecule has 0 bridgehead atoms. The molecule has 1 aliphatic rings. The van der Waals surface area contributed by atoms with E-state index in [0.29, 0.717) is 18.4 Å². The average Bonchev–Trinajstić information content (AvgIpc) is 2.31. The lowest BCUT2D eigenvalue weighted by molar-refractivity contribution is 0.145. The van der Waals surface area contributed by atoms with Crippen LogP contribution in [-0.2, 0) is 4.74 Å². The molecule has 100 valence electrons. The van der Waals surface area contributed by atoms with E-state index in [0.717, 1.165) is 18.7 Å². The van der Waals surface area contributed by atoms with E-state index >= 15 is 0 Å². The maximum atomic E-state index is 5.96. The Kier molecular flexibility index (Phi) is 6.55. The van der Waals surface area contributed by atoms with Crippen LogP contribution in [0.1, 0.15) is 26.7 Å². The first-order chi connectivity index (χ1) is 8.10. The highest BCUT2D eigenvalue weighted by atomic mass is 32.2. The Balaban J connectivity index is 2.28. The SMILES string of the molecule is C=C(C)COCCNC1(CN)CCCSC1C. The van der Waals surface area contributed by atoms with Crippen LogP contribution in [0.25, 0.3) is 0 Å². The largest absolute Gasteiger partial charge is 0.376 e. The highest BCUT2D eigenvalue weighted by Gasteiger charge is 2.36. The minimum absolute atomic E-state index is 0.107. The fourth-order valence-electron chi connectivity index (χ4n) is 2.20. The molecule has 0 aromatic rings. The summed E-state index contributed by atoms with van der Waals surface area (Å²) < 4.78 is 5.50. The zero-order valence-electron chi connectivity index (χ0n) is 11.1. The summed E-state index contributed by atoms with van der Waals surface area (Å²) in [7, 11) is 0. The van der Waals surface area contributed by atoms with Crippen LogP contribution in [0.15, 0.2) is 12.2 Å². The molecule has 1 saturated heterocycles. The molecule has 4 heteroatoms. The maximum absolute atomic E-state index is 5.96. The molecule has 0 aromatic carbocycles. The number of rotatable bonds is 7. The fraction of sp³-hybridized carbons (Fsp3) is 0.846. The monoisotopic (exact) mass is 258 g/mol. The Morgan fingerprint density at radius 3 is 3.00 bits per heavy atom. The van der Waals surface area contributed by atoms with Crippen molar-refractivity contribution in [1.82, 2.24) is 5.32 Å². The van der Waals surface area contributed by atoms with Crippen molar-refractivity contribution in [1.29, 1.82) is 0 Å². The van der Waals surface area contributed by atoms with E-state index < -0.39 is 0 Å². The van der Waals surface area contributed by atoms with Gasteiger partial charge in [-0.3, -0.25) is 0 Å². The summed E-state index contributed by atoms with van der Waals surface area (Å²) in [6.45, 7) is 11.0. The number of hydrogen-bond donors (Lipinski definition) is 2. The minimum Gasteiger partial charge on any atom is -0.376 e. The van der Waals surface area contributed by atoms with Gasteiger partial charge in [-0.25, -0.2) is 0 Å². The van der Waals surface area contributed by atoms with E-state index in [4.69, 9.17) is 10.5 Å². The first-order valence-corrected chi connectivity index (χ1v) is 7.44. The Bertz CT molecular complexity index is 248. The lowest BCUT2D eigenvalue weighted by atomic mass is 9.89. The summed E-state index contributed by atoms with van der Waals surface area (Å²) in [4.78, 5) is 0. The third-order valence-corrected chi connectivity index (χ3v) is 4.82. The van der Waals surface area contributed by atoms with Crippen LogP contribution >= 0.6 is 11.8 Å². The molecule has 2 atom stereocenters. The quantitative estimate of drug-likeness (QED) is 0.540. The van der Waals surface area contributed by atoms with Gasteiger partial charge < -0.3 is 15.8 Å². The molecule has 0 spiro atoms. The van der Waals surface area contributed by atoms with Crippen molar-refractivity contribution in [2.75, 3.05) is 32.1 Å². The number of nitrogens with two attached hydrogens (primary N) is 1. The molecule has 2 unspecified atom stereocenters. The maximum Gasteiger partial charge on any atom is 0.0672 e. The molecule has 0 radical (unpaired) electrons. The number of ether oxygens (including phenoxy) is 1. The van der Waals surface area contributed by atoms with Crippen LogP contribution < -0.4 is 11.1 Å². The van der Waals surface area contributed by atoms with E-state index in [9.17, 15) is 0 Å². The Labute approximate surface area is 110 Å². The van der Waals surface area contributed by atoms with Gasteiger partial charge in [0.05, 0.1) is 13.2 Å². The number of thioether (sulfide) groups is 1. The molecular formula is C13H26N2OS. The van der Waals surface area contributed by atoms with Crippen molar-refractivity contribution in [3.05, 3.63) is 12.2 Å². The van der Waals surface area contributed by atoms with E-state index in [-0.39, 0.29) is 5.54 Å². The molecule has 1 fully saturated rings. The average molecular weight is 258 g/mol. The zero-order valence-corrected chi connectivity index (χ0v) is 11.9. The lowest BCUT2D eigenvalue weighted by Gasteiger charge is -2.42. The van der Waals surface area contributed by atoms with Gasteiger partial charge in [0.15, 0.2) is 0 Å². The molecule has 0 saturated carbocycles. The molecule has 0 aromatic heterocycles. The van der Waals surface area contributed by atoms with Gasteiger partial charge in [0.1, 0.15) is 0 Å².